The van der Waals surface area contributed by atoms with E-state index in [9.17, 15) is 14.4 Å². The number of hydrogen-bond acceptors (Lipinski definition) is 5. The van der Waals surface area contributed by atoms with E-state index in [1.165, 1.54) is 0 Å². The molecule has 0 radical (unpaired) electrons. The zero-order chi connectivity index (χ0) is 18.9. The van der Waals surface area contributed by atoms with Crippen LogP contribution in [-0.2, 0) is 16.1 Å². The molecule has 0 aromatic heterocycles. The molecule has 0 unspecified atom stereocenters. The molecule has 0 aliphatic heterocycles. The summed E-state index contributed by atoms with van der Waals surface area (Å²) in [7, 11) is 0. The molecule has 2 rings (SSSR count). The molecule has 0 heterocycles. The lowest BCUT2D eigenvalue weighted by Crippen LogP contribution is -2.30. The van der Waals surface area contributed by atoms with Gasteiger partial charge in [-0.05, 0) is 48.9 Å². The number of carbonyl (C=O) groups is 3. The zero-order valence-electron chi connectivity index (χ0n) is 14.4. The Balaban J connectivity index is 1.80. The van der Waals surface area contributed by atoms with Gasteiger partial charge < -0.3 is 20.5 Å². The summed E-state index contributed by atoms with van der Waals surface area (Å²) in [5, 5.41) is 2.49. The van der Waals surface area contributed by atoms with Crippen LogP contribution in [0.15, 0.2) is 48.5 Å². The van der Waals surface area contributed by atoms with Crippen LogP contribution < -0.4 is 15.8 Å². The highest BCUT2D eigenvalue weighted by Gasteiger charge is 2.10. The van der Waals surface area contributed by atoms with Gasteiger partial charge in [-0.25, -0.2) is 0 Å². The van der Waals surface area contributed by atoms with Gasteiger partial charge in [0.15, 0.2) is 0 Å². The molecule has 0 spiro atoms. The SMILES string of the molecule is CCOc1ccc(C(=O)NCC(=O)OCc2cccc(C(N)=O)c2)cc1. The van der Waals surface area contributed by atoms with E-state index in [-0.39, 0.29) is 19.1 Å². The van der Waals surface area contributed by atoms with Gasteiger partial charge in [-0.2, -0.15) is 0 Å². The monoisotopic (exact) mass is 356 g/mol. The molecule has 0 atom stereocenters. The largest absolute Gasteiger partial charge is 0.494 e. The van der Waals surface area contributed by atoms with Crippen molar-refractivity contribution in [3.05, 3.63) is 65.2 Å². The Hall–Kier alpha value is -3.35. The summed E-state index contributed by atoms with van der Waals surface area (Å²) in [5.74, 6) is -0.864. The Morgan fingerprint density at radius 2 is 1.77 bits per heavy atom. The minimum Gasteiger partial charge on any atom is -0.494 e. The van der Waals surface area contributed by atoms with Crippen LogP contribution in [0, 0.1) is 0 Å². The normalized spacial score (nSPS) is 10.0. The molecule has 0 fully saturated rings. The topological polar surface area (TPSA) is 108 Å². The van der Waals surface area contributed by atoms with Crippen LogP contribution in [0.3, 0.4) is 0 Å². The van der Waals surface area contributed by atoms with Gasteiger partial charge in [0.25, 0.3) is 5.91 Å². The second-order valence-electron chi connectivity index (χ2n) is 5.37. The van der Waals surface area contributed by atoms with Gasteiger partial charge in [0.05, 0.1) is 6.61 Å². The Morgan fingerprint density at radius 3 is 2.42 bits per heavy atom. The van der Waals surface area contributed by atoms with Crippen molar-refractivity contribution >= 4 is 17.8 Å². The van der Waals surface area contributed by atoms with Gasteiger partial charge in [-0.15, -0.1) is 0 Å². The van der Waals surface area contributed by atoms with E-state index in [4.69, 9.17) is 15.2 Å². The van der Waals surface area contributed by atoms with Crippen molar-refractivity contribution in [3.63, 3.8) is 0 Å². The molecule has 0 aliphatic carbocycles. The number of nitrogens with one attached hydrogen (secondary N) is 1. The summed E-state index contributed by atoms with van der Waals surface area (Å²) < 4.78 is 10.4. The lowest BCUT2D eigenvalue weighted by molar-refractivity contribution is -0.143. The maximum atomic E-state index is 12.0. The smallest absolute Gasteiger partial charge is 0.325 e. The van der Waals surface area contributed by atoms with Gasteiger partial charge >= 0.3 is 5.97 Å². The predicted octanol–water partition coefficient (Wildman–Crippen LogP) is 1.66. The van der Waals surface area contributed by atoms with Crippen LogP contribution in [0.4, 0.5) is 0 Å². The summed E-state index contributed by atoms with van der Waals surface area (Å²) in [6.45, 7) is 2.14. The predicted molar refractivity (Wildman–Crippen MR) is 94.7 cm³/mol. The summed E-state index contributed by atoms with van der Waals surface area (Å²) in [5.41, 5.74) is 6.58. The minimum atomic E-state index is -0.589. The van der Waals surface area contributed by atoms with E-state index in [0.717, 1.165) is 0 Å². The van der Waals surface area contributed by atoms with E-state index >= 15 is 0 Å². The van der Waals surface area contributed by atoms with Crippen molar-refractivity contribution < 1.29 is 23.9 Å². The third kappa shape index (κ3) is 5.62. The third-order valence-corrected chi connectivity index (χ3v) is 3.43. The Labute approximate surface area is 151 Å². The number of ether oxygens (including phenoxy) is 2. The standard InChI is InChI=1S/C19H20N2O5/c1-2-25-16-8-6-14(7-9-16)19(24)21-11-17(22)26-12-13-4-3-5-15(10-13)18(20)23/h3-10H,2,11-12H2,1H3,(H2,20,23)(H,21,24). The lowest BCUT2D eigenvalue weighted by atomic mass is 10.1. The second kappa shape index (κ2) is 9.22. The van der Waals surface area contributed by atoms with E-state index in [1.54, 1.807) is 48.5 Å². The quantitative estimate of drug-likeness (QED) is 0.700. The molecule has 0 aliphatic rings. The molecule has 26 heavy (non-hydrogen) atoms. The molecule has 2 aromatic rings. The van der Waals surface area contributed by atoms with Crippen LogP contribution in [0.2, 0.25) is 0 Å². The average molecular weight is 356 g/mol. The number of nitrogens with two attached hydrogens (primary N) is 1. The van der Waals surface area contributed by atoms with Gasteiger partial charge in [-0.1, -0.05) is 12.1 Å². The maximum Gasteiger partial charge on any atom is 0.325 e. The number of hydrogen-bond donors (Lipinski definition) is 2. The van der Waals surface area contributed by atoms with Gasteiger partial charge in [0.1, 0.15) is 18.9 Å². The summed E-state index contributed by atoms with van der Waals surface area (Å²) >= 11 is 0. The van der Waals surface area contributed by atoms with E-state index in [2.05, 4.69) is 5.32 Å². The number of esters is 1. The van der Waals surface area contributed by atoms with Crippen LogP contribution in [0.25, 0.3) is 0 Å². The average Bonchev–Trinajstić information content (AvgIpc) is 2.65. The molecular formula is C19H20N2O5. The molecule has 7 heteroatoms. The summed E-state index contributed by atoms with van der Waals surface area (Å²) in [6.07, 6.45) is 0. The molecule has 0 saturated carbocycles. The first-order valence-corrected chi connectivity index (χ1v) is 8.05. The fraction of sp³-hybridized carbons (Fsp3) is 0.211. The zero-order valence-corrected chi connectivity index (χ0v) is 14.4. The van der Waals surface area contributed by atoms with Crippen molar-refractivity contribution in [3.8, 4) is 5.75 Å². The van der Waals surface area contributed by atoms with Gasteiger partial charge in [0, 0.05) is 11.1 Å². The molecule has 136 valence electrons. The fourth-order valence-corrected chi connectivity index (χ4v) is 2.15. The van der Waals surface area contributed by atoms with Crippen molar-refractivity contribution in [2.75, 3.05) is 13.2 Å². The lowest BCUT2D eigenvalue weighted by Gasteiger charge is -2.08. The Bertz CT molecular complexity index is 787. The highest BCUT2D eigenvalue weighted by atomic mass is 16.5. The molecule has 3 N–H and O–H groups in total. The number of carbonyl (C=O) groups excluding carboxylic acids is 3. The first kappa shape index (κ1) is 19.0. The maximum absolute atomic E-state index is 12.0. The van der Waals surface area contributed by atoms with Crippen LogP contribution in [0.1, 0.15) is 33.2 Å². The van der Waals surface area contributed by atoms with E-state index in [0.29, 0.717) is 29.0 Å². The van der Waals surface area contributed by atoms with Gasteiger partial charge in [0.2, 0.25) is 5.91 Å². The van der Waals surface area contributed by atoms with Crippen molar-refractivity contribution in [2.24, 2.45) is 5.73 Å². The second-order valence-corrected chi connectivity index (χ2v) is 5.37. The number of primary amides is 1. The Kier molecular flexibility index (Phi) is 6.73. The molecule has 0 saturated heterocycles. The highest BCUT2D eigenvalue weighted by molar-refractivity contribution is 5.96. The molecule has 2 amide bonds. The molecule has 7 nitrogen and oxygen atoms in total. The highest BCUT2D eigenvalue weighted by Crippen LogP contribution is 2.12. The number of rotatable bonds is 8. The van der Waals surface area contributed by atoms with Crippen molar-refractivity contribution in [2.45, 2.75) is 13.5 Å². The van der Waals surface area contributed by atoms with Crippen LogP contribution in [0.5, 0.6) is 5.75 Å². The van der Waals surface area contributed by atoms with Crippen LogP contribution >= 0.6 is 0 Å². The first-order valence-electron chi connectivity index (χ1n) is 8.05. The number of amides is 2. The third-order valence-electron chi connectivity index (χ3n) is 3.43. The minimum absolute atomic E-state index is 0.0150. The summed E-state index contributed by atoms with van der Waals surface area (Å²) in [4.78, 5) is 34.9. The summed E-state index contributed by atoms with van der Waals surface area (Å²) in [6, 6.07) is 13.1. The fourth-order valence-electron chi connectivity index (χ4n) is 2.15. The number of benzene rings is 2. The first-order chi connectivity index (χ1) is 12.5. The van der Waals surface area contributed by atoms with E-state index in [1.807, 2.05) is 6.92 Å². The molecular weight excluding hydrogens is 336 g/mol. The molecule has 2 aromatic carbocycles. The Morgan fingerprint density at radius 1 is 1.04 bits per heavy atom. The van der Waals surface area contributed by atoms with Crippen molar-refractivity contribution in [1.29, 1.82) is 0 Å². The molecule has 0 bridgehead atoms. The van der Waals surface area contributed by atoms with Crippen molar-refractivity contribution in [1.82, 2.24) is 5.32 Å². The van der Waals surface area contributed by atoms with Gasteiger partial charge in [-0.3, -0.25) is 14.4 Å². The van der Waals surface area contributed by atoms with Crippen LogP contribution in [-0.4, -0.2) is 30.9 Å². The van der Waals surface area contributed by atoms with E-state index < -0.39 is 11.9 Å².